The number of Topliss-reactive ketones (excluding diaryl/α,β-unsaturated/α-hetero) is 1. The molecule has 2 saturated heterocycles. The molecule has 0 aliphatic carbocycles. The Morgan fingerprint density at radius 3 is 2.78 bits per heavy atom. The molecule has 36 heavy (non-hydrogen) atoms. The van der Waals surface area contributed by atoms with E-state index in [1.807, 2.05) is 13.8 Å². The average molecular weight is 522 g/mol. The summed E-state index contributed by atoms with van der Waals surface area (Å²) in [6.07, 6.45) is -1.44. The van der Waals surface area contributed by atoms with Gasteiger partial charge in [0.05, 0.1) is 23.6 Å². The van der Waals surface area contributed by atoms with Gasteiger partial charge >= 0.3 is 6.18 Å². The molecule has 10 heteroatoms. The van der Waals surface area contributed by atoms with Crippen LogP contribution in [0.25, 0.3) is 0 Å². The number of carbonyl (C=O) groups excluding carboxylic acids is 2. The molecule has 2 aliphatic heterocycles. The van der Waals surface area contributed by atoms with E-state index in [1.54, 1.807) is 23.1 Å². The molecule has 1 aromatic carbocycles. The van der Waals surface area contributed by atoms with Crippen molar-refractivity contribution in [2.45, 2.75) is 63.4 Å². The van der Waals surface area contributed by atoms with Gasteiger partial charge in [0.1, 0.15) is 5.82 Å². The largest absolute Gasteiger partial charge is 0.417 e. The van der Waals surface area contributed by atoms with Gasteiger partial charge < -0.3 is 10.1 Å². The highest BCUT2D eigenvalue weighted by molar-refractivity contribution is 6.32. The number of ketones is 1. The third kappa shape index (κ3) is 5.27. The normalized spacial score (nSPS) is 25.0. The molecular formula is C26H27ClF3N3O3. The molecule has 1 N–H and O–H groups in total. The van der Waals surface area contributed by atoms with Gasteiger partial charge in [-0.05, 0) is 43.9 Å². The van der Waals surface area contributed by atoms with Gasteiger partial charge in [-0.15, -0.1) is 0 Å². The summed E-state index contributed by atoms with van der Waals surface area (Å²) in [5, 5.41) is 3.62. The lowest BCUT2D eigenvalue weighted by molar-refractivity contribution is -0.139. The second-order valence-corrected chi connectivity index (χ2v) is 9.92. The predicted molar refractivity (Wildman–Crippen MR) is 128 cm³/mol. The molecule has 1 amide bonds. The summed E-state index contributed by atoms with van der Waals surface area (Å²) < 4.78 is 44.7. The van der Waals surface area contributed by atoms with Crippen molar-refractivity contribution in [2.24, 2.45) is 0 Å². The predicted octanol–water partition coefficient (Wildman–Crippen LogP) is 5.26. The molecule has 0 saturated carbocycles. The fourth-order valence-electron chi connectivity index (χ4n) is 4.92. The smallest absolute Gasteiger partial charge is 0.378 e. The van der Waals surface area contributed by atoms with Crippen molar-refractivity contribution < 1.29 is 27.5 Å². The minimum Gasteiger partial charge on any atom is -0.378 e. The number of ether oxygens (including phenoxy) is 1. The van der Waals surface area contributed by atoms with E-state index < -0.39 is 23.1 Å². The number of aromatic nitrogens is 1. The zero-order chi connectivity index (χ0) is 26.3. The second-order valence-electron chi connectivity index (χ2n) is 9.54. The maximum absolute atomic E-state index is 13.3. The zero-order valence-corrected chi connectivity index (χ0v) is 20.7. The molecule has 4 rings (SSSR count). The van der Waals surface area contributed by atoms with Crippen LogP contribution in [0.2, 0.25) is 5.02 Å². The van der Waals surface area contributed by atoms with Crippen LogP contribution in [-0.4, -0.2) is 40.3 Å². The lowest BCUT2D eigenvalue weighted by Gasteiger charge is -2.46. The number of alkyl halides is 3. The van der Waals surface area contributed by atoms with Gasteiger partial charge in [-0.2, -0.15) is 13.2 Å². The van der Waals surface area contributed by atoms with Crippen LogP contribution in [0, 0.1) is 0 Å². The number of hydrogen-bond donors (Lipinski definition) is 1. The highest BCUT2D eigenvalue weighted by Crippen LogP contribution is 2.39. The summed E-state index contributed by atoms with van der Waals surface area (Å²) in [5.74, 6) is -0.164. The first-order valence-corrected chi connectivity index (χ1v) is 12.0. The Balaban J connectivity index is 1.55. The molecule has 3 heterocycles. The summed E-state index contributed by atoms with van der Waals surface area (Å²) in [6.45, 7) is 8.48. The standard InChI is InChI=1S/C26H27ClF3N3O3/c1-15-9-20(7-8-36-15)33-16(2)32-25(3,12-23(33)35)21-6-4-5-17(24(21)27)11-22(34)18-10-19(14-31-13-18)26(28,29)30/h4-6,10,13-15,20,32H,2,7-9,11-12H2,1,3H3/t15?,20-,25+/m1/s1. The number of carbonyl (C=O) groups is 2. The molecule has 2 aromatic rings. The Labute approximate surface area is 212 Å². The van der Waals surface area contributed by atoms with Gasteiger partial charge in [-0.1, -0.05) is 36.4 Å². The number of nitrogens with one attached hydrogen (secondary N) is 1. The van der Waals surface area contributed by atoms with Gasteiger partial charge in [0.25, 0.3) is 0 Å². The molecule has 2 aliphatic rings. The Morgan fingerprint density at radius 2 is 2.11 bits per heavy atom. The monoisotopic (exact) mass is 521 g/mol. The third-order valence-electron chi connectivity index (χ3n) is 6.72. The maximum Gasteiger partial charge on any atom is 0.417 e. The van der Waals surface area contributed by atoms with Crippen LogP contribution in [0.3, 0.4) is 0 Å². The van der Waals surface area contributed by atoms with Crippen LogP contribution >= 0.6 is 11.6 Å². The van der Waals surface area contributed by atoms with E-state index in [0.29, 0.717) is 36.2 Å². The highest BCUT2D eigenvalue weighted by atomic mass is 35.5. The van der Waals surface area contributed by atoms with Crippen molar-refractivity contribution in [1.82, 2.24) is 15.2 Å². The van der Waals surface area contributed by atoms with E-state index in [9.17, 15) is 22.8 Å². The summed E-state index contributed by atoms with van der Waals surface area (Å²) in [6, 6.07) is 5.89. The second kappa shape index (κ2) is 9.86. The van der Waals surface area contributed by atoms with E-state index >= 15 is 0 Å². The Bertz CT molecular complexity index is 1180. The molecular weight excluding hydrogens is 495 g/mol. The minimum absolute atomic E-state index is 0.00806. The molecule has 0 radical (unpaired) electrons. The van der Waals surface area contributed by atoms with Gasteiger partial charge in [0.2, 0.25) is 5.91 Å². The van der Waals surface area contributed by atoms with E-state index in [4.69, 9.17) is 16.3 Å². The van der Waals surface area contributed by atoms with Crippen LogP contribution in [0.4, 0.5) is 13.2 Å². The maximum atomic E-state index is 13.3. The van der Waals surface area contributed by atoms with Crippen LogP contribution in [0.15, 0.2) is 49.1 Å². The van der Waals surface area contributed by atoms with Crippen molar-refractivity contribution in [2.75, 3.05) is 6.61 Å². The molecule has 0 spiro atoms. The zero-order valence-electron chi connectivity index (χ0n) is 20.0. The molecule has 2 fully saturated rings. The number of rotatable bonds is 5. The minimum atomic E-state index is -4.60. The van der Waals surface area contributed by atoms with E-state index in [2.05, 4.69) is 16.9 Å². The molecule has 3 atom stereocenters. The van der Waals surface area contributed by atoms with Crippen LogP contribution < -0.4 is 5.32 Å². The summed E-state index contributed by atoms with van der Waals surface area (Å²) in [4.78, 5) is 31.3. The van der Waals surface area contributed by atoms with E-state index in [0.717, 1.165) is 18.7 Å². The first-order valence-electron chi connectivity index (χ1n) is 11.6. The fraction of sp³-hybridized carbons (Fsp3) is 0.423. The number of halogens is 4. The lowest BCUT2D eigenvalue weighted by Crippen LogP contribution is -2.57. The van der Waals surface area contributed by atoms with Gasteiger partial charge in [-0.25, -0.2) is 0 Å². The van der Waals surface area contributed by atoms with E-state index in [-0.39, 0.29) is 41.5 Å². The van der Waals surface area contributed by atoms with Gasteiger partial charge in [-0.3, -0.25) is 19.5 Å². The fourth-order valence-corrected chi connectivity index (χ4v) is 5.32. The number of nitrogens with zero attached hydrogens (tertiary/aromatic N) is 2. The van der Waals surface area contributed by atoms with Crippen LogP contribution in [0.5, 0.6) is 0 Å². The lowest BCUT2D eigenvalue weighted by atomic mass is 9.84. The summed E-state index contributed by atoms with van der Waals surface area (Å²) >= 11 is 6.71. The molecule has 192 valence electrons. The molecule has 6 nitrogen and oxygen atoms in total. The third-order valence-corrected chi connectivity index (χ3v) is 7.17. The molecule has 1 aromatic heterocycles. The van der Waals surface area contributed by atoms with Gasteiger partial charge in [0.15, 0.2) is 5.78 Å². The number of amides is 1. The Morgan fingerprint density at radius 1 is 1.36 bits per heavy atom. The summed E-state index contributed by atoms with van der Waals surface area (Å²) in [7, 11) is 0. The van der Waals surface area contributed by atoms with Crippen LogP contribution in [0.1, 0.15) is 60.2 Å². The molecule has 0 bridgehead atoms. The quantitative estimate of drug-likeness (QED) is 0.544. The SMILES string of the molecule is C=C1N[C@](C)(c2cccc(CC(=O)c3cncc(C(F)(F)F)c3)c2Cl)CC(=O)N1[C@@H]1CCOC(C)C1. The highest BCUT2D eigenvalue weighted by Gasteiger charge is 2.43. The van der Waals surface area contributed by atoms with Crippen molar-refractivity contribution in [3.8, 4) is 0 Å². The molecule has 1 unspecified atom stereocenters. The van der Waals surface area contributed by atoms with Crippen molar-refractivity contribution in [3.05, 3.63) is 76.3 Å². The van der Waals surface area contributed by atoms with Crippen molar-refractivity contribution >= 4 is 23.3 Å². The topological polar surface area (TPSA) is 71.5 Å². The Kier molecular flexibility index (Phi) is 7.16. The van der Waals surface area contributed by atoms with E-state index in [1.165, 1.54) is 0 Å². The van der Waals surface area contributed by atoms with Crippen molar-refractivity contribution in [3.63, 3.8) is 0 Å². The average Bonchev–Trinajstić information content (AvgIpc) is 2.79. The first kappa shape index (κ1) is 26.2. The Hall–Kier alpha value is -2.91. The number of hydrogen-bond acceptors (Lipinski definition) is 5. The first-order chi connectivity index (χ1) is 16.9. The number of benzene rings is 1. The van der Waals surface area contributed by atoms with Gasteiger partial charge in [0, 0.05) is 42.0 Å². The van der Waals surface area contributed by atoms with Crippen LogP contribution in [-0.2, 0) is 27.7 Å². The van der Waals surface area contributed by atoms with Crippen molar-refractivity contribution in [1.29, 1.82) is 0 Å². The number of pyridine rings is 1. The summed E-state index contributed by atoms with van der Waals surface area (Å²) in [5.41, 5.74) is -0.981.